The molecule has 3 aromatic heterocycles. The van der Waals surface area contributed by atoms with Crippen LogP contribution in [0.1, 0.15) is 46.9 Å². The summed E-state index contributed by atoms with van der Waals surface area (Å²) in [5.74, 6) is -1.58. The molecule has 2 N–H and O–H groups in total. The maximum absolute atomic E-state index is 13.2. The number of nitrogens with zero attached hydrogens (tertiary/aromatic N) is 3. The fourth-order valence-electron chi connectivity index (χ4n) is 3.31. The minimum Gasteiger partial charge on any atom is -0.463 e. The lowest BCUT2D eigenvalue weighted by molar-refractivity contribution is -0.143. The van der Waals surface area contributed by atoms with E-state index in [1.54, 1.807) is 19.9 Å². The highest BCUT2D eigenvalue weighted by molar-refractivity contribution is 6.04. The standard InChI is InChI=1S/C23H17F6N5O3/c1-11(2)15-10-19(35)32-21(30-15)34-18(9-16(33-34)17-4-3-5-37-17)31-20(36)12-6-13(22(24,25)26)8-14(7-12)23(27,28)29/h3-11H,1-2H3,(H,31,36)(H,30,32,35). The van der Waals surface area contributed by atoms with Crippen LogP contribution in [0.4, 0.5) is 32.2 Å². The van der Waals surface area contributed by atoms with E-state index in [2.05, 4.69) is 20.4 Å². The van der Waals surface area contributed by atoms with Crippen molar-refractivity contribution in [3.05, 3.63) is 81.5 Å². The van der Waals surface area contributed by atoms with Gasteiger partial charge in [-0.3, -0.25) is 14.6 Å². The minimum atomic E-state index is -5.13. The number of benzene rings is 1. The summed E-state index contributed by atoms with van der Waals surface area (Å²) >= 11 is 0. The molecule has 0 saturated carbocycles. The molecular weight excluding hydrogens is 508 g/mol. The van der Waals surface area contributed by atoms with Crippen LogP contribution in [-0.2, 0) is 12.4 Å². The van der Waals surface area contributed by atoms with E-state index in [0.717, 1.165) is 4.68 Å². The molecule has 4 rings (SSSR count). The van der Waals surface area contributed by atoms with E-state index in [1.165, 1.54) is 24.5 Å². The van der Waals surface area contributed by atoms with Crippen molar-refractivity contribution in [1.82, 2.24) is 19.7 Å². The second kappa shape index (κ2) is 9.26. The van der Waals surface area contributed by atoms with Crippen molar-refractivity contribution < 1.29 is 35.6 Å². The third-order valence-corrected chi connectivity index (χ3v) is 5.12. The zero-order chi connectivity index (χ0) is 27.1. The summed E-state index contributed by atoms with van der Waals surface area (Å²) in [4.78, 5) is 31.8. The maximum Gasteiger partial charge on any atom is 0.416 e. The number of hydrogen-bond acceptors (Lipinski definition) is 5. The number of amides is 1. The summed E-state index contributed by atoms with van der Waals surface area (Å²) in [6.45, 7) is 3.55. The van der Waals surface area contributed by atoms with Gasteiger partial charge in [-0.05, 0) is 36.2 Å². The molecule has 0 atom stereocenters. The van der Waals surface area contributed by atoms with Crippen LogP contribution in [0, 0.1) is 0 Å². The van der Waals surface area contributed by atoms with Gasteiger partial charge in [0, 0.05) is 17.7 Å². The van der Waals surface area contributed by atoms with Crippen LogP contribution in [-0.4, -0.2) is 25.7 Å². The van der Waals surface area contributed by atoms with Gasteiger partial charge < -0.3 is 9.73 Å². The average molecular weight is 525 g/mol. The Hall–Kier alpha value is -4.36. The molecular formula is C23H17F6N5O3. The van der Waals surface area contributed by atoms with E-state index in [1.807, 2.05) is 0 Å². The number of furan rings is 1. The van der Waals surface area contributed by atoms with E-state index < -0.39 is 40.5 Å². The fraction of sp³-hybridized carbons (Fsp3) is 0.217. The number of nitrogens with one attached hydrogen (secondary N) is 2. The van der Waals surface area contributed by atoms with Gasteiger partial charge in [-0.1, -0.05) is 13.8 Å². The van der Waals surface area contributed by atoms with Gasteiger partial charge >= 0.3 is 12.4 Å². The van der Waals surface area contributed by atoms with Gasteiger partial charge in [-0.2, -0.15) is 36.1 Å². The molecule has 0 spiro atoms. The van der Waals surface area contributed by atoms with Gasteiger partial charge in [-0.25, -0.2) is 4.98 Å². The van der Waals surface area contributed by atoms with Crippen LogP contribution in [0.5, 0.6) is 0 Å². The van der Waals surface area contributed by atoms with E-state index in [-0.39, 0.29) is 35.2 Å². The number of aromatic amines is 1. The Bertz CT molecular complexity index is 1470. The number of aromatic nitrogens is 4. The lowest BCUT2D eigenvalue weighted by Gasteiger charge is -2.14. The number of rotatable bonds is 5. The molecule has 0 aliphatic rings. The Morgan fingerprint density at radius 3 is 2.22 bits per heavy atom. The van der Waals surface area contributed by atoms with E-state index in [9.17, 15) is 35.9 Å². The van der Waals surface area contributed by atoms with Crippen molar-refractivity contribution >= 4 is 11.7 Å². The van der Waals surface area contributed by atoms with Crippen molar-refractivity contribution in [2.24, 2.45) is 0 Å². The summed E-state index contributed by atoms with van der Waals surface area (Å²) in [7, 11) is 0. The smallest absolute Gasteiger partial charge is 0.416 e. The number of alkyl halides is 6. The number of hydrogen-bond donors (Lipinski definition) is 2. The highest BCUT2D eigenvalue weighted by atomic mass is 19.4. The third kappa shape index (κ3) is 5.57. The molecule has 1 aromatic carbocycles. The summed E-state index contributed by atoms with van der Waals surface area (Å²) in [6, 6.07) is 6.12. The van der Waals surface area contributed by atoms with Crippen molar-refractivity contribution in [3.63, 3.8) is 0 Å². The number of H-pyrrole nitrogens is 1. The molecule has 0 bridgehead atoms. The number of anilines is 1. The topological polar surface area (TPSA) is 106 Å². The first-order valence-electron chi connectivity index (χ1n) is 10.6. The lowest BCUT2D eigenvalue weighted by Crippen LogP contribution is -2.21. The Kier molecular flexibility index (Phi) is 6.44. The zero-order valence-electron chi connectivity index (χ0n) is 19.0. The summed E-state index contributed by atoms with van der Waals surface area (Å²) in [6.07, 6.45) is -8.93. The van der Waals surface area contributed by atoms with Crippen LogP contribution in [0.2, 0.25) is 0 Å². The van der Waals surface area contributed by atoms with Crippen LogP contribution in [0.15, 0.2) is 57.9 Å². The molecule has 0 radical (unpaired) electrons. The average Bonchev–Trinajstić information content (AvgIpc) is 3.47. The van der Waals surface area contributed by atoms with Gasteiger partial charge in [0.2, 0.25) is 5.95 Å². The summed E-state index contributed by atoms with van der Waals surface area (Å²) < 4.78 is 85.7. The summed E-state index contributed by atoms with van der Waals surface area (Å²) in [5.41, 5.74) is -4.22. The minimum absolute atomic E-state index is 0.0812. The van der Waals surface area contributed by atoms with Crippen LogP contribution >= 0.6 is 0 Å². The van der Waals surface area contributed by atoms with Crippen molar-refractivity contribution in [2.45, 2.75) is 32.1 Å². The fourth-order valence-corrected chi connectivity index (χ4v) is 3.31. The molecule has 0 aliphatic carbocycles. The number of halogens is 6. The molecule has 0 saturated heterocycles. The predicted octanol–water partition coefficient (Wildman–Crippen LogP) is 5.63. The Morgan fingerprint density at radius 2 is 1.68 bits per heavy atom. The third-order valence-electron chi connectivity index (χ3n) is 5.12. The molecule has 37 heavy (non-hydrogen) atoms. The largest absolute Gasteiger partial charge is 0.463 e. The first kappa shape index (κ1) is 25.7. The van der Waals surface area contributed by atoms with E-state index in [0.29, 0.717) is 17.8 Å². The maximum atomic E-state index is 13.2. The molecule has 4 aromatic rings. The van der Waals surface area contributed by atoms with Crippen LogP contribution < -0.4 is 10.9 Å². The second-order valence-electron chi connectivity index (χ2n) is 8.20. The van der Waals surface area contributed by atoms with Gasteiger partial charge in [0.15, 0.2) is 5.76 Å². The summed E-state index contributed by atoms with van der Waals surface area (Å²) in [5, 5.41) is 6.50. The van der Waals surface area contributed by atoms with Crippen molar-refractivity contribution in [1.29, 1.82) is 0 Å². The molecule has 8 nitrogen and oxygen atoms in total. The van der Waals surface area contributed by atoms with Gasteiger partial charge in [-0.15, -0.1) is 0 Å². The van der Waals surface area contributed by atoms with Gasteiger partial charge in [0.1, 0.15) is 11.5 Å². The van der Waals surface area contributed by atoms with Crippen LogP contribution in [0.3, 0.4) is 0 Å². The van der Waals surface area contributed by atoms with E-state index in [4.69, 9.17) is 4.42 Å². The molecule has 1 amide bonds. The van der Waals surface area contributed by atoms with Crippen molar-refractivity contribution in [2.75, 3.05) is 5.32 Å². The number of carbonyl (C=O) groups is 1. The molecule has 0 fully saturated rings. The SMILES string of the molecule is CC(C)c1cc(=O)[nH]c(-n2nc(-c3ccco3)cc2NC(=O)c2cc(C(F)(F)F)cc(C(F)(F)F)c2)n1. The first-order valence-corrected chi connectivity index (χ1v) is 10.6. The predicted molar refractivity (Wildman–Crippen MR) is 118 cm³/mol. The van der Waals surface area contributed by atoms with Crippen molar-refractivity contribution in [3.8, 4) is 17.4 Å². The second-order valence-corrected chi connectivity index (χ2v) is 8.20. The lowest BCUT2D eigenvalue weighted by atomic mass is 10.0. The Labute approximate surface area is 203 Å². The normalized spacial score (nSPS) is 12.2. The quantitative estimate of drug-likeness (QED) is 0.329. The molecule has 0 unspecified atom stereocenters. The number of carbonyl (C=O) groups excluding carboxylic acids is 1. The van der Waals surface area contributed by atoms with Gasteiger partial charge in [0.05, 0.1) is 23.1 Å². The Balaban J connectivity index is 1.82. The Morgan fingerprint density at radius 1 is 1.03 bits per heavy atom. The molecule has 194 valence electrons. The highest BCUT2D eigenvalue weighted by Crippen LogP contribution is 2.36. The first-order chi connectivity index (χ1) is 17.2. The van der Waals surface area contributed by atoms with Gasteiger partial charge in [0.25, 0.3) is 11.5 Å². The molecule has 14 heteroatoms. The zero-order valence-corrected chi connectivity index (χ0v) is 19.0. The van der Waals surface area contributed by atoms with Crippen LogP contribution in [0.25, 0.3) is 17.4 Å². The highest BCUT2D eigenvalue weighted by Gasteiger charge is 2.37. The monoisotopic (exact) mass is 525 g/mol. The molecule has 3 heterocycles. The molecule has 0 aliphatic heterocycles. The van der Waals surface area contributed by atoms with E-state index >= 15 is 0 Å².